The van der Waals surface area contributed by atoms with Crippen LogP contribution in [0.1, 0.15) is 54.2 Å². The highest BCUT2D eigenvalue weighted by atomic mass is 16.1. The quantitative estimate of drug-likeness (QED) is 0.310. The van der Waals surface area contributed by atoms with Gasteiger partial charge in [0.25, 0.3) is 5.91 Å². The van der Waals surface area contributed by atoms with Crippen LogP contribution in [0.4, 0.5) is 5.82 Å². The largest absolute Gasteiger partial charge is 0.384 e. The zero-order chi connectivity index (χ0) is 24.4. The number of anilines is 1. The van der Waals surface area contributed by atoms with Gasteiger partial charge in [0.05, 0.1) is 17.1 Å². The number of nitrogens with zero attached hydrogens (tertiary/aromatic N) is 3. The van der Waals surface area contributed by atoms with Crippen LogP contribution < -0.4 is 11.1 Å². The summed E-state index contributed by atoms with van der Waals surface area (Å²) < 4.78 is 1.83. The summed E-state index contributed by atoms with van der Waals surface area (Å²) in [5.74, 6) is 0.0566. The molecule has 1 atom stereocenters. The van der Waals surface area contributed by atoms with Gasteiger partial charge in [-0.25, -0.2) is 9.97 Å². The molecule has 5 aromatic rings. The van der Waals surface area contributed by atoms with Crippen LogP contribution in [0.3, 0.4) is 0 Å². The first kappa shape index (κ1) is 22.6. The zero-order valence-electron chi connectivity index (χ0n) is 20.0. The minimum Gasteiger partial charge on any atom is -0.384 e. The van der Waals surface area contributed by atoms with Crippen LogP contribution in [0.2, 0.25) is 0 Å². The van der Waals surface area contributed by atoms with Crippen LogP contribution in [0.25, 0.3) is 27.9 Å². The van der Waals surface area contributed by atoms with Crippen molar-refractivity contribution in [2.75, 3.05) is 5.73 Å². The smallest absolute Gasteiger partial charge is 0.257 e. The first-order valence-corrected chi connectivity index (χ1v) is 12.1. The van der Waals surface area contributed by atoms with Gasteiger partial charge in [-0.05, 0) is 55.2 Å². The van der Waals surface area contributed by atoms with Gasteiger partial charge in [-0.3, -0.25) is 9.36 Å². The molecule has 0 aliphatic rings. The van der Waals surface area contributed by atoms with Crippen molar-refractivity contribution >= 4 is 33.9 Å². The number of carbonyl (C=O) groups excluding carboxylic acids is 1. The van der Waals surface area contributed by atoms with E-state index in [1.165, 1.54) is 5.56 Å². The van der Waals surface area contributed by atoms with E-state index in [2.05, 4.69) is 24.4 Å². The highest BCUT2D eigenvalue weighted by molar-refractivity contribution is 6.11. The number of aryl methyl sites for hydroxylation is 1. The Morgan fingerprint density at radius 2 is 1.60 bits per heavy atom. The van der Waals surface area contributed by atoms with Gasteiger partial charge in [-0.2, -0.15) is 0 Å². The average Bonchev–Trinajstić information content (AvgIpc) is 3.17. The first-order valence-electron chi connectivity index (χ1n) is 12.1. The summed E-state index contributed by atoms with van der Waals surface area (Å²) in [4.78, 5) is 23.2. The molecule has 6 nitrogen and oxygen atoms in total. The van der Waals surface area contributed by atoms with E-state index in [-0.39, 0.29) is 11.9 Å². The van der Waals surface area contributed by atoms with Crippen LogP contribution in [-0.2, 0) is 6.42 Å². The summed E-state index contributed by atoms with van der Waals surface area (Å²) in [5.41, 5.74) is 12.7. The van der Waals surface area contributed by atoms with E-state index in [0.29, 0.717) is 22.5 Å². The molecular weight excluding hydrogens is 434 g/mol. The highest BCUT2D eigenvalue weighted by Crippen LogP contribution is 2.31. The summed E-state index contributed by atoms with van der Waals surface area (Å²) in [6.45, 7) is 4.15. The van der Waals surface area contributed by atoms with Crippen LogP contribution in [0, 0.1) is 0 Å². The third-order valence-corrected chi connectivity index (χ3v) is 6.39. The fraction of sp³-hybridized carbons (Fsp3) is 0.207. The fourth-order valence-electron chi connectivity index (χ4n) is 4.43. The second-order valence-electron chi connectivity index (χ2n) is 8.86. The number of nitrogens with one attached hydrogen (secondary N) is 1. The number of amides is 1. The number of hydrogen-bond acceptors (Lipinski definition) is 4. The third-order valence-electron chi connectivity index (χ3n) is 6.39. The van der Waals surface area contributed by atoms with E-state index in [1.807, 2.05) is 78.2 Å². The highest BCUT2D eigenvalue weighted by Gasteiger charge is 2.26. The van der Waals surface area contributed by atoms with Gasteiger partial charge in [0, 0.05) is 5.69 Å². The van der Waals surface area contributed by atoms with E-state index in [1.54, 1.807) is 0 Å². The number of fused-ring (bicyclic) bond motifs is 2. The standard InChI is InChI=1S/C29H29N5O/c1-3-4-10-20-15-17-22(18-16-20)34-27(30)25(29(35)31-19(2)21-11-6-5-7-12-21)26-28(34)33-24-14-9-8-13-23(24)32-26/h5-9,11-19H,3-4,10,30H2,1-2H3,(H,31,35)/t19-/m0/s1. The molecule has 2 aromatic heterocycles. The lowest BCUT2D eigenvalue weighted by Crippen LogP contribution is -2.27. The number of carbonyl (C=O) groups is 1. The van der Waals surface area contributed by atoms with E-state index in [0.717, 1.165) is 41.5 Å². The number of nitrogen functional groups attached to an aromatic ring is 1. The maximum absolute atomic E-state index is 13.5. The van der Waals surface area contributed by atoms with Crippen molar-refractivity contribution in [1.29, 1.82) is 0 Å². The second-order valence-corrected chi connectivity index (χ2v) is 8.86. The van der Waals surface area contributed by atoms with Gasteiger partial charge in [0.15, 0.2) is 5.65 Å². The number of benzene rings is 3. The molecule has 0 unspecified atom stereocenters. The van der Waals surface area contributed by atoms with E-state index in [4.69, 9.17) is 15.7 Å². The molecule has 1 amide bonds. The summed E-state index contributed by atoms with van der Waals surface area (Å²) in [6, 6.07) is 25.6. The summed E-state index contributed by atoms with van der Waals surface area (Å²) >= 11 is 0. The number of aromatic nitrogens is 3. The molecule has 6 heteroatoms. The Labute approximate surface area is 204 Å². The Kier molecular flexibility index (Phi) is 6.19. The topological polar surface area (TPSA) is 85.8 Å². The minimum absolute atomic E-state index is 0.187. The minimum atomic E-state index is -0.272. The fourth-order valence-corrected chi connectivity index (χ4v) is 4.43. The van der Waals surface area contributed by atoms with Gasteiger partial charge >= 0.3 is 0 Å². The zero-order valence-corrected chi connectivity index (χ0v) is 20.0. The Bertz CT molecular complexity index is 1490. The van der Waals surface area contributed by atoms with Gasteiger partial charge in [0.2, 0.25) is 0 Å². The maximum atomic E-state index is 13.5. The van der Waals surface area contributed by atoms with Crippen LogP contribution in [0.5, 0.6) is 0 Å². The lowest BCUT2D eigenvalue weighted by molar-refractivity contribution is 0.0942. The first-order chi connectivity index (χ1) is 17.1. The molecule has 0 radical (unpaired) electrons. The van der Waals surface area contributed by atoms with Gasteiger partial charge in [0.1, 0.15) is 16.9 Å². The maximum Gasteiger partial charge on any atom is 0.257 e. The molecule has 3 aromatic carbocycles. The Balaban J connectivity index is 1.62. The molecule has 0 fully saturated rings. The molecule has 35 heavy (non-hydrogen) atoms. The van der Waals surface area contributed by atoms with Crippen LogP contribution in [-0.4, -0.2) is 20.4 Å². The van der Waals surface area contributed by atoms with Crippen molar-refractivity contribution in [2.24, 2.45) is 0 Å². The molecule has 0 saturated heterocycles. The van der Waals surface area contributed by atoms with E-state index >= 15 is 0 Å². The average molecular weight is 464 g/mol. The molecule has 5 rings (SSSR count). The number of nitrogens with two attached hydrogens (primary N) is 1. The molecule has 0 aliphatic carbocycles. The van der Waals surface area contributed by atoms with Crippen molar-refractivity contribution in [1.82, 2.24) is 19.9 Å². The molecule has 0 aliphatic heterocycles. The summed E-state index contributed by atoms with van der Waals surface area (Å²) in [7, 11) is 0. The van der Waals surface area contributed by atoms with Crippen LogP contribution >= 0.6 is 0 Å². The van der Waals surface area contributed by atoms with Crippen molar-refractivity contribution in [2.45, 2.75) is 39.2 Å². The predicted molar refractivity (Wildman–Crippen MR) is 142 cm³/mol. The van der Waals surface area contributed by atoms with Crippen molar-refractivity contribution in [3.63, 3.8) is 0 Å². The number of para-hydroxylation sites is 2. The third kappa shape index (κ3) is 4.35. The summed E-state index contributed by atoms with van der Waals surface area (Å²) in [5, 5.41) is 3.09. The van der Waals surface area contributed by atoms with Crippen molar-refractivity contribution in [3.05, 3.63) is 95.6 Å². The Morgan fingerprint density at radius 1 is 0.943 bits per heavy atom. The lowest BCUT2D eigenvalue weighted by atomic mass is 10.1. The molecule has 0 bridgehead atoms. The number of unbranched alkanes of at least 4 members (excludes halogenated alkanes) is 1. The molecular formula is C29H29N5O. The predicted octanol–water partition coefficient (Wildman–Crippen LogP) is 5.99. The van der Waals surface area contributed by atoms with E-state index in [9.17, 15) is 4.79 Å². The molecule has 0 saturated carbocycles. The second kappa shape index (κ2) is 9.58. The Morgan fingerprint density at radius 3 is 2.29 bits per heavy atom. The lowest BCUT2D eigenvalue weighted by Gasteiger charge is -2.14. The SMILES string of the molecule is CCCCc1ccc(-n2c(N)c(C(=O)N[C@@H](C)c3ccccc3)c3nc4ccccc4nc32)cc1. The number of rotatable bonds is 7. The van der Waals surface area contributed by atoms with Crippen molar-refractivity contribution in [3.8, 4) is 5.69 Å². The monoisotopic (exact) mass is 463 g/mol. The van der Waals surface area contributed by atoms with Crippen molar-refractivity contribution < 1.29 is 4.79 Å². The molecule has 2 heterocycles. The molecule has 0 spiro atoms. The summed E-state index contributed by atoms with van der Waals surface area (Å²) in [6.07, 6.45) is 3.34. The molecule has 3 N–H and O–H groups in total. The van der Waals surface area contributed by atoms with Gasteiger partial charge in [-0.1, -0.05) is 67.9 Å². The van der Waals surface area contributed by atoms with Gasteiger partial charge < -0.3 is 11.1 Å². The van der Waals surface area contributed by atoms with E-state index < -0.39 is 0 Å². The normalized spacial score (nSPS) is 12.2. The van der Waals surface area contributed by atoms with Crippen LogP contribution in [0.15, 0.2) is 78.9 Å². The molecule has 176 valence electrons. The number of hydrogen-bond donors (Lipinski definition) is 2. The van der Waals surface area contributed by atoms with Gasteiger partial charge in [-0.15, -0.1) is 0 Å². The Hall–Kier alpha value is -4.19.